The van der Waals surface area contributed by atoms with E-state index < -0.39 is 5.82 Å². The SMILES string of the molecule is O=C(CCc1ccccc1)Nc1ccc2c(c1)N(Cc1c(F)cccc1Cl)C(=O)CO2. The molecular weight excluding hydrogens is 419 g/mol. The average molecular weight is 439 g/mol. The lowest BCUT2D eigenvalue weighted by Crippen LogP contribution is -2.38. The summed E-state index contributed by atoms with van der Waals surface area (Å²) in [5.74, 6) is -0.469. The van der Waals surface area contributed by atoms with Crippen LogP contribution in [-0.2, 0) is 22.6 Å². The van der Waals surface area contributed by atoms with E-state index in [1.165, 1.54) is 17.0 Å². The molecule has 3 aromatic rings. The summed E-state index contributed by atoms with van der Waals surface area (Å²) < 4.78 is 19.8. The molecule has 1 aliphatic rings. The fourth-order valence-corrected chi connectivity index (χ4v) is 3.64. The van der Waals surface area contributed by atoms with Gasteiger partial charge in [0.15, 0.2) is 6.61 Å². The second-order valence-corrected chi connectivity index (χ2v) is 7.59. The van der Waals surface area contributed by atoms with Gasteiger partial charge in [0.25, 0.3) is 5.91 Å². The van der Waals surface area contributed by atoms with Crippen molar-refractivity contribution in [3.8, 4) is 5.75 Å². The number of fused-ring (bicyclic) bond motifs is 1. The summed E-state index contributed by atoms with van der Waals surface area (Å²) in [5, 5.41) is 3.09. The zero-order chi connectivity index (χ0) is 21.8. The maximum absolute atomic E-state index is 14.3. The number of benzene rings is 3. The van der Waals surface area contributed by atoms with Crippen LogP contribution >= 0.6 is 11.6 Å². The summed E-state index contributed by atoms with van der Waals surface area (Å²) in [6.45, 7) is -0.187. The van der Waals surface area contributed by atoms with Crippen LogP contribution in [0.25, 0.3) is 0 Å². The molecule has 1 aliphatic heterocycles. The molecule has 2 amide bonds. The zero-order valence-electron chi connectivity index (χ0n) is 16.6. The molecule has 1 heterocycles. The summed E-state index contributed by atoms with van der Waals surface area (Å²) in [5.41, 5.74) is 2.29. The van der Waals surface area contributed by atoms with Gasteiger partial charge in [0.1, 0.15) is 11.6 Å². The third-order valence-electron chi connectivity index (χ3n) is 5.05. The standard InChI is InChI=1S/C24H20ClFN2O3/c25-19-7-4-8-20(26)18(19)14-28-21-13-17(10-11-22(21)31-15-24(28)30)27-23(29)12-9-16-5-2-1-3-6-16/h1-8,10-11,13H,9,12,14-15H2,(H,27,29). The van der Waals surface area contributed by atoms with Crippen molar-refractivity contribution in [2.45, 2.75) is 19.4 Å². The predicted molar refractivity (Wildman–Crippen MR) is 118 cm³/mol. The van der Waals surface area contributed by atoms with Crippen molar-refractivity contribution >= 4 is 34.8 Å². The van der Waals surface area contributed by atoms with Crippen molar-refractivity contribution in [2.75, 3.05) is 16.8 Å². The lowest BCUT2D eigenvalue weighted by Gasteiger charge is -2.30. The van der Waals surface area contributed by atoms with Crippen LogP contribution in [-0.4, -0.2) is 18.4 Å². The third kappa shape index (κ3) is 4.86. The number of anilines is 2. The lowest BCUT2D eigenvalue weighted by molar-refractivity contribution is -0.121. The van der Waals surface area contributed by atoms with E-state index >= 15 is 0 Å². The van der Waals surface area contributed by atoms with Gasteiger partial charge in [-0.15, -0.1) is 0 Å². The fourth-order valence-electron chi connectivity index (χ4n) is 3.42. The van der Waals surface area contributed by atoms with Gasteiger partial charge in [-0.25, -0.2) is 4.39 Å². The fraction of sp³-hybridized carbons (Fsp3) is 0.167. The Morgan fingerprint density at radius 1 is 1.10 bits per heavy atom. The van der Waals surface area contributed by atoms with E-state index in [0.29, 0.717) is 30.0 Å². The maximum Gasteiger partial charge on any atom is 0.265 e. The largest absolute Gasteiger partial charge is 0.482 e. The van der Waals surface area contributed by atoms with E-state index in [4.69, 9.17) is 16.3 Å². The molecule has 0 radical (unpaired) electrons. The number of hydrogen-bond acceptors (Lipinski definition) is 3. The van der Waals surface area contributed by atoms with Gasteiger partial charge in [-0.1, -0.05) is 48.0 Å². The molecule has 0 aromatic heterocycles. The van der Waals surface area contributed by atoms with E-state index in [-0.39, 0.29) is 35.6 Å². The van der Waals surface area contributed by atoms with Gasteiger partial charge < -0.3 is 15.0 Å². The quantitative estimate of drug-likeness (QED) is 0.590. The summed E-state index contributed by atoms with van der Waals surface area (Å²) >= 11 is 6.14. The van der Waals surface area contributed by atoms with Gasteiger partial charge in [0.05, 0.1) is 12.2 Å². The van der Waals surface area contributed by atoms with Crippen LogP contribution < -0.4 is 15.0 Å². The summed E-state index contributed by atoms with van der Waals surface area (Å²) in [4.78, 5) is 26.3. The van der Waals surface area contributed by atoms with Gasteiger partial charge in [0, 0.05) is 22.7 Å². The molecular formula is C24H20ClFN2O3. The monoisotopic (exact) mass is 438 g/mol. The summed E-state index contributed by atoms with van der Waals surface area (Å²) in [6, 6.07) is 19.2. The Bertz CT molecular complexity index is 1100. The van der Waals surface area contributed by atoms with Gasteiger partial charge in [-0.2, -0.15) is 0 Å². The van der Waals surface area contributed by atoms with Gasteiger partial charge in [-0.3, -0.25) is 9.59 Å². The number of ether oxygens (including phenoxy) is 1. The second-order valence-electron chi connectivity index (χ2n) is 7.19. The average Bonchev–Trinajstić information content (AvgIpc) is 2.77. The molecule has 7 heteroatoms. The Morgan fingerprint density at radius 2 is 1.90 bits per heavy atom. The number of halogens is 2. The molecule has 4 rings (SSSR count). The van der Waals surface area contributed by atoms with Crippen LogP contribution in [0.2, 0.25) is 5.02 Å². The Kier molecular flexibility index (Phi) is 6.18. The molecule has 5 nitrogen and oxygen atoms in total. The molecule has 0 atom stereocenters. The highest BCUT2D eigenvalue weighted by atomic mass is 35.5. The first-order valence-corrected chi connectivity index (χ1v) is 10.2. The molecule has 0 saturated heterocycles. The van der Waals surface area contributed by atoms with E-state index in [2.05, 4.69) is 5.32 Å². The van der Waals surface area contributed by atoms with E-state index in [1.807, 2.05) is 30.3 Å². The normalized spacial score (nSPS) is 12.8. The first-order chi connectivity index (χ1) is 15.0. The minimum Gasteiger partial charge on any atom is -0.482 e. The Labute approximate surface area is 184 Å². The maximum atomic E-state index is 14.3. The smallest absolute Gasteiger partial charge is 0.265 e. The number of nitrogens with one attached hydrogen (secondary N) is 1. The topological polar surface area (TPSA) is 58.6 Å². The Hall–Kier alpha value is -3.38. The van der Waals surface area contributed by atoms with Crippen molar-refractivity contribution < 1.29 is 18.7 Å². The third-order valence-corrected chi connectivity index (χ3v) is 5.40. The van der Waals surface area contributed by atoms with Gasteiger partial charge in [0.2, 0.25) is 5.91 Å². The van der Waals surface area contributed by atoms with Gasteiger partial charge >= 0.3 is 0 Å². The van der Waals surface area contributed by atoms with Crippen molar-refractivity contribution in [3.63, 3.8) is 0 Å². The number of hydrogen-bond donors (Lipinski definition) is 1. The number of nitrogens with zero attached hydrogens (tertiary/aromatic N) is 1. The van der Waals surface area contributed by atoms with Crippen LogP contribution in [0.15, 0.2) is 66.7 Å². The molecule has 31 heavy (non-hydrogen) atoms. The van der Waals surface area contributed by atoms with E-state index in [9.17, 15) is 14.0 Å². The van der Waals surface area contributed by atoms with Crippen LogP contribution in [0.5, 0.6) is 5.75 Å². The van der Waals surface area contributed by atoms with Crippen molar-refractivity contribution in [1.29, 1.82) is 0 Å². The molecule has 0 spiro atoms. The van der Waals surface area contributed by atoms with Crippen LogP contribution in [0.4, 0.5) is 15.8 Å². The highest BCUT2D eigenvalue weighted by Gasteiger charge is 2.27. The molecule has 1 N–H and O–H groups in total. The number of aryl methyl sites for hydroxylation is 1. The zero-order valence-corrected chi connectivity index (χ0v) is 17.4. The van der Waals surface area contributed by atoms with E-state index in [1.54, 1.807) is 24.3 Å². The number of carbonyl (C=O) groups excluding carboxylic acids is 2. The summed E-state index contributed by atoms with van der Waals surface area (Å²) in [6.07, 6.45) is 0.947. The molecule has 3 aromatic carbocycles. The van der Waals surface area contributed by atoms with Crippen molar-refractivity contribution in [1.82, 2.24) is 0 Å². The minimum absolute atomic E-state index is 0.0356. The predicted octanol–water partition coefficient (Wildman–Crippen LogP) is 4.98. The minimum atomic E-state index is -0.487. The van der Waals surface area contributed by atoms with Gasteiger partial charge in [-0.05, 0) is 42.3 Å². The van der Waals surface area contributed by atoms with Crippen LogP contribution in [0, 0.1) is 5.82 Å². The summed E-state index contributed by atoms with van der Waals surface area (Å²) in [7, 11) is 0. The first-order valence-electron chi connectivity index (χ1n) is 9.85. The van der Waals surface area contributed by atoms with Crippen molar-refractivity contribution in [2.24, 2.45) is 0 Å². The highest BCUT2D eigenvalue weighted by Crippen LogP contribution is 2.36. The van der Waals surface area contributed by atoms with Crippen LogP contribution in [0.1, 0.15) is 17.5 Å². The number of rotatable bonds is 6. The van der Waals surface area contributed by atoms with Crippen LogP contribution in [0.3, 0.4) is 0 Å². The first kappa shape index (κ1) is 20.9. The molecule has 0 saturated carbocycles. The molecule has 0 fully saturated rings. The molecule has 0 aliphatic carbocycles. The molecule has 0 unspecified atom stereocenters. The van der Waals surface area contributed by atoms with E-state index in [0.717, 1.165) is 5.56 Å². The molecule has 158 valence electrons. The second kappa shape index (κ2) is 9.18. The Balaban J connectivity index is 1.51. The van der Waals surface area contributed by atoms with Crippen molar-refractivity contribution in [3.05, 3.63) is 88.7 Å². The lowest BCUT2D eigenvalue weighted by atomic mass is 10.1. The highest BCUT2D eigenvalue weighted by molar-refractivity contribution is 6.31. The number of amides is 2. The Morgan fingerprint density at radius 3 is 2.68 bits per heavy atom. The molecule has 0 bridgehead atoms. The number of carbonyl (C=O) groups is 2.